The lowest BCUT2D eigenvalue weighted by Gasteiger charge is -2.16. The Labute approximate surface area is 49.7 Å². The molecular weight excluding hydrogens is 100 g/mol. The van der Waals surface area contributed by atoms with E-state index in [1.54, 1.807) is 0 Å². The van der Waals surface area contributed by atoms with Gasteiger partial charge in [0.15, 0.2) is 0 Å². The fourth-order valence-electron chi connectivity index (χ4n) is 0.758. The molecule has 0 N–H and O–H groups in total. The predicted molar refractivity (Wildman–Crippen MR) is 33.5 cm³/mol. The molecule has 0 aliphatic carbocycles. The van der Waals surface area contributed by atoms with Crippen LogP contribution in [-0.2, 0) is 4.74 Å². The lowest BCUT2D eigenvalue weighted by molar-refractivity contribution is 0.191. The largest absolute Gasteiger partial charge is 0.498 e. The Balaban J connectivity index is 2.45. The van der Waals surface area contributed by atoms with Gasteiger partial charge in [-0.15, -0.1) is 0 Å². The average molecular weight is 110 g/mol. The molecule has 1 heteroatoms. The highest BCUT2D eigenvalue weighted by atomic mass is 16.5. The molecule has 0 radical (unpaired) electrons. The fraction of sp³-hybridized carbons (Fsp3) is 0.429. The standard InChI is InChI=1S/C7H10O/c1-6-3-4-8-7(2)5-6/h1-5H2. The van der Waals surface area contributed by atoms with Crippen LogP contribution in [0.25, 0.3) is 0 Å². The molecular formula is C7H10O. The molecule has 1 aliphatic rings. The van der Waals surface area contributed by atoms with Crippen LogP contribution in [0.5, 0.6) is 0 Å². The molecule has 0 unspecified atom stereocenters. The molecule has 0 bridgehead atoms. The molecule has 1 fully saturated rings. The second-order valence-corrected chi connectivity index (χ2v) is 2.06. The molecule has 0 atom stereocenters. The summed E-state index contributed by atoms with van der Waals surface area (Å²) in [5, 5.41) is 0. The summed E-state index contributed by atoms with van der Waals surface area (Å²) in [5.74, 6) is 0.862. The van der Waals surface area contributed by atoms with Crippen LogP contribution in [0.15, 0.2) is 24.5 Å². The summed E-state index contributed by atoms with van der Waals surface area (Å²) in [6.45, 7) is 8.28. The van der Waals surface area contributed by atoms with Crippen LogP contribution < -0.4 is 0 Å². The molecule has 0 spiro atoms. The Morgan fingerprint density at radius 2 is 2.12 bits per heavy atom. The number of rotatable bonds is 0. The predicted octanol–water partition coefficient (Wildman–Crippen LogP) is 1.87. The third-order valence-electron chi connectivity index (χ3n) is 1.21. The number of hydrogen-bond acceptors (Lipinski definition) is 1. The zero-order valence-electron chi connectivity index (χ0n) is 4.94. The smallest absolute Gasteiger partial charge is 0.0928 e. The van der Waals surface area contributed by atoms with Crippen LogP contribution in [0.4, 0.5) is 0 Å². The van der Waals surface area contributed by atoms with E-state index >= 15 is 0 Å². The van der Waals surface area contributed by atoms with Gasteiger partial charge in [0.2, 0.25) is 0 Å². The summed E-state index contributed by atoms with van der Waals surface area (Å²) in [4.78, 5) is 0. The Bertz CT molecular complexity index is 110. The molecule has 0 saturated carbocycles. The minimum Gasteiger partial charge on any atom is -0.498 e. The maximum Gasteiger partial charge on any atom is 0.0928 e. The van der Waals surface area contributed by atoms with E-state index in [-0.39, 0.29) is 0 Å². The maximum atomic E-state index is 5.09. The molecule has 1 aliphatic heterocycles. The van der Waals surface area contributed by atoms with Gasteiger partial charge in [0.05, 0.1) is 12.4 Å². The molecule has 0 amide bonds. The molecule has 1 saturated heterocycles. The minimum atomic E-state index is 0.775. The second kappa shape index (κ2) is 2.03. The van der Waals surface area contributed by atoms with Gasteiger partial charge in [-0.3, -0.25) is 0 Å². The summed E-state index contributed by atoms with van der Waals surface area (Å²) in [6.07, 6.45) is 1.86. The van der Waals surface area contributed by atoms with E-state index < -0.39 is 0 Å². The molecule has 0 aromatic rings. The van der Waals surface area contributed by atoms with Crippen LogP contribution in [0.3, 0.4) is 0 Å². The van der Waals surface area contributed by atoms with Gasteiger partial charge >= 0.3 is 0 Å². The molecule has 44 valence electrons. The monoisotopic (exact) mass is 110 g/mol. The topological polar surface area (TPSA) is 9.23 Å². The molecule has 0 aromatic carbocycles. The lowest BCUT2D eigenvalue weighted by Crippen LogP contribution is -2.03. The highest BCUT2D eigenvalue weighted by molar-refractivity contribution is 5.07. The van der Waals surface area contributed by atoms with Gasteiger partial charge in [-0.25, -0.2) is 0 Å². The molecule has 1 heterocycles. The van der Waals surface area contributed by atoms with Gasteiger partial charge in [-0.1, -0.05) is 18.7 Å². The molecule has 1 rings (SSSR count). The Kier molecular flexibility index (Phi) is 1.38. The SMILES string of the molecule is C=C1CCOC(=C)C1. The summed E-state index contributed by atoms with van der Waals surface area (Å²) in [7, 11) is 0. The van der Waals surface area contributed by atoms with Crippen molar-refractivity contribution >= 4 is 0 Å². The van der Waals surface area contributed by atoms with Crippen LogP contribution in [0.2, 0.25) is 0 Å². The third-order valence-corrected chi connectivity index (χ3v) is 1.21. The summed E-state index contributed by atoms with van der Waals surface area (Å²) >= 11 is 0. The number of hydrogen-bond donors (Lipinski definition) is 0. The normalized spacial score (nSPS) is 20.5. The van der Waals surface area contributed by atoms with Gasteiger partial charge in [0, 0.05) is 12.8 Å². The first-order chi connectivity index (χ1) is 3.79. The van der Waals surface area contributed by atoms with Gasteiger partial charge in [-0.05, 0) is 0 Å². The fourth-order valence-corrected chi connectivity index (χ4v) is 0.758. The lowest BCUT2D eigenvalue weighted by atomic mass is 10.1. The van der Waals surface area contributed by atoms with Gasteiger partial charge in [-0.2, -0.15) is 0 Å². The maximum absolute atomic E-state index is 5.09. The van der Waals surface area contributed by atoms with E-state index in [1.165, 1.54) is 5.57 Å². The Morgan fingerprint density at radius 3 is 2.50 bits per heavy atom. The van der Waals surface area contributed by atoms with Gasteiger partial charge in [0.25, 0.3) is 0 Å². The van der Waals surface area contributed by atoms with Crippen molar-refractivity contribution in [2.75, 3.05) is 6.61 Å². The Morgan fingerprint density at radius 1 is 1.38 bits per heavy atom. The van der Waals surface area contributed by atoms with Crippen molar-refractivity contribution < 1.29 is 4.74 Å². The van der Waals surface area contributed by atoms with Crippen LogP contribution in [-0.4, -0.2) is 6.61 Å². The highest BCUT2D eigenvalue weighted by Gasteiger charge is 2.05. The molecule has 1 nitrogen and oxygen atoms in total. The highest BCUT2D eigenvalue weighted by Crippen LogP contribution is 2.17. The molecule has 8 heavy (non-hydrogen) atoms. The summed E-state index contributed by atoms with van der Waals surface area (Å²) in [6, 6.07) is 0. The quantitative estimate of drug-likeness (QED) is 0.432. The van der Waals surface area contributed by atoms with Crippen molar-refractivity contribution in [2.45, 2.75) is 12.8 Å². The zero-order chi connectivity index (χ0) is 5.98. The van der Waals surface area contributed by atoms with Crippen molar-refractivity contribution in [3.8, 4) is 0 Å². The summed E-state index contributed by atoms with van der Waals surface area (Å²) < 4.78 is 5.09. The van der Waals surface area contributed by atoms with Crippen molar-refractivity contribution in [3.05, 3.63) is 24.5 Å². The number of allylic oxidation sites excluding steroid dienone is 1. The van der Waals surface area contributed by atoms with Crippen molar-refractivity contribution in [1.29, 1.82) is 0 Å². The second-order valence-electron chi connectivity index (χ2n) is 2.06. The first kappa shape index (κ1) is 5.42. The van der Waals surface area contributed by atoms with Crippen molar-refractivity contribution in [2.24, 2.45) is 0 Å². The first-order valence-electron chi connectivity index (χ1n) is 2.76. The first-order valence-corrected chi connectivity index (χ1v) is 2.76. The molecule has 0 aromatic heterocycles. The minimum absolute atomic E-state index is 0.775. The van der Waals surface area contributed by atoms with Crippen molar-refractivity contribution in [1.82, 2.24) is 0 Å². The van der Waals surface area contributed by atoms with E-state index in [4.69, 9.17) is 4.74 Å². The van der Waals surface area contributed by atoms with Crippen LogP contribution in [0.1, 0.15) is 12.8 Å². The Hall–Kier alpha value is -0.720. The van der Waals surface area contributed by atoms with Gasteiger partial charge in [0.1, 0.15) is 0 Å². The number of ether oxygens (including phenoxy) is 1. The van der Waals surface area contributed by atoms with E-state index in [0.29, 0.717) is 0 Å². The zero-order valence-corrected chi connectivity index (χ0v) is 4.94. The average Bonchev–Trinajstić information content (AvgIpc) is 1.64. The third kappa shape index (κ3) is 1.12. The van der Waals surface area contributed by atoms with Gasteiger partial charge < -0.3 is 4.74 Å². The van der Waals surface area contributed by atoms with E-state index in [9.17, 15) is 0 Å². The van der Waals surface area contributed by atoms with E-state index in [0.717, 1.165) is 25.2 Å². The van der Waals surface area contributed by atoms with E-state index in [2.05, 4.69) is 13.2 Å². The summed E-state index contributed by atoms with van der Waals surface area (Å²) in [5.41, 5.74) is 1.24. The van der Waals surface area contributed by atoms with Crippen LogP contribution >= 0.6 is 0 Å². The van der Waals surface area contributed by atoms with E-state index in [1.807, 2.05) is 0 Å². The van der Waals surface area contributed by atoms with Crippen molar-refractivity contribution in [3.63, 3.8) is 0 Å². The van der Waals surface area contributed by atoms with Crippen LogP contribution in [0, 0.1) is 0 Å².